The SMILES string of the molecule is CCC(C#N)C(=O)NCC1CCCO1. The second kappa shape index (κ2) is 5.61. The molecule has 0 saturated carbocycles. The number of carbonyl (C=O) groups is 1. The van der Waals surface area contributed by atoms with Gasteiger partial charge in [0.05, 0.1) is 12.2 Å². The quantitative estimate of drug-likeness (QED) is 0.724. The molecule has 1 N–H and O–H groups in total. The van der Waals surface area contributed by atoms with E-state index in [1.165, 1.54) is 0 Å². The molecule has 4 nitrogen and oxygen atoms in total. The fraction of sp³-hybridized carbons (Fsp3) is 0.800. The Labute approximate surface area is 84.2 Å². The van der Waals surface area contributed by atoms with Crippen LogP contribution in [-0.4, -0.2) is 25.2 Å². The average Bonchev–Trinajstić information content (AvgIpc) is 2.69. The summed E-state index contributed by atoms with van der Waals surface area (Å²) in [7, 11) is 0. The molecular weight excluding hydrogens is 180 g/mol. The summed E-state index contributed by atoms with van der Waals surface area (Å²) in [4.78, 5) is 11.4. The van der Waals surface area contributed by atoms with Crippen molar-refractivity contribution in [2.45, 2.75) is 32.3 Å². The van der Waals surface area contributed by atoms with E-state index < -0.39 is 5.92 Å². The summed E-state index contributed by atoms with van der Waals surface area (Å²) in [6.45, 7) is 3.16. The van der Waals surface area contributed by atoms with Gasteiger partial charge in [0.15, 0.2) is 0 Å². The third kappa shape index (κ3) is 3.00. The van der Waals surface area contributed by atoms with Gasteiger partial charge in [0, 0.05) is 13.2 Å². The highest BCUT2D eigenvalue weighted by molar-refractivity contribution is 5.80. The van der Waals surface area contributed by atoms with Crippen LogP contribution in [0.4, 0.5) is 0 Å². The van der Waals surface area contributed by atoms with Crippen molar-refractivity contribution < 1.29 is 9.53 Å². The highest BCUT2D eigenvalue weighted by atomic mass is 16.5. The molecule has 2 atom stereocenters. The molecule has 0 aromatic carbocycles. The van der Waals surface area contributed by atoms with Crippen LogP contribution in [0.25, 0.3) is 0 Å². The molecule has 1 saturated heterocycles. The van der Waals surface area contributed by atoms with Crippen molar-refractivity contribution in [2.75, 3.05) is 13.2 Å². The molecule has 1 fully saturated rings. The van der Waals surface area contributed by atoms with E-state index in [-0.39, 0.29) is 12.0 Å². The van der Waals surface area contributed by atoms with Crippen LogP contribution in [0, 0.1) is 17.2 Å². The van der Waals surface area contributed by atoms with Gasteiger partial charge in [-0.1, -0.05) is 6.92 Å². The zero-order valence-electron chi connectivity index (χ0n) is 8.45. The van der Waals surface area contributed by atoms with Gasteiger partial charge in [0.25, 0.3) is 0 Å². The van der Waals surface area contributed by atoms with Crippen molar-refractivity contribution in [1.29, 1.82) is 5.26 Å². The van der Waals surface area contributed by atoms with E-state index in [2.05, 4.69) is 5.32 Å². The van der Waals surface area contributed by atoms with Gasteiger partial charge < -0.3 is 10.1 Å². The largest absolute Gasteiger partial charge is 0.376 e. The van der Waals surface area contributed by atoms with Gasteiger partial charge in [-0.2, -0.15) is 5.26 Å². The smallest absolute Gasteiger partial charge is 0.237 e. The molecule has 78 valence electrons. The first kappa shape index (κ1) is 11.0. The number of amides is 1. The Kier molecular flexibility index (Phi) is 4.41. The molecule has 0 aliphatic carbocycles. The number of nitriles is 1. The second-order valence-corrected chi connectivity index (χ2v) is 3.47. The maximum Gasteiger partial charge on any atom is 0.237 e. The van der Waals surface area contributed by atoms with Gasteiger partial charge in [-0.3, -0.25) is 4.79 Å². The fourth-order valence-corrected chi connectivity index (χ4v) is 1.48. The number of carbonyl (C=O) groups excluding carboxylic acids is 1. The molecule has 0 aromatic heterocycles. The molecular formula is C10H16N2O2. The Morgan fingerprint density at radius 3 is 3.07 bits per heavy atom. The molecule has 0 bridgehead atoms. The van der Waals surface area contributed by atoms with E-state index in [9.17, 15) is 4.79 Å². The van der Waals surface area contributed by atoms with E-state index in [1.54, 1.807) is 0 Å². The Hall–Kier alpha value is -1.08. The highest BCUT2D eigenvalue weighted by Crippen LogP contribution is 2.11. The van der Waals surface area contributed by atoms with Gasteiger partial charge in [0.1, 0.15) is 5.92 Å². The van der Waals surface area contributed by atoms with Gasteiger partial charge in [-0.25, -0.2) is 0 Å². The Morgan fingerprint density at radius 2 is 2.57 bits per heavy atom. The minimum atomic E-state index is -0.517. The second-order valence-electron chi connectivity index (χ2n) is 3.47. The monoisotopic (exact) mass is 196 g/mol. The number of nitrogens with one attached hydrogen (secondary N) is 1. The van der Waals surface area contributed by atoms with Crippen molar-refractivity contribution in [1.82, 2.24) is 5.32 Å². The molecule has 1 heterocycles. The molecule has 0 radical (unpaired) electrons. The molecule has 0 aromatic rings. The molecule has 4 heteroatoms. The summed E-state index contributed by atoms with van der Waals surface area (Å²) in [5.74, 6) is -0.693. The summed E-state index contributed by atoms with van der Waals surface area (Å²) >= 11 is 0. The summed E-state index contributed by atoms with van der Waals surface area (Å²) in [5.41, 5.74) is 0. The van der Waals surface area contributed by atoms with Crippen LogP contribution < -0.4 is 5.32 Å². The first-order valence-electron chi connectivity index (χ1n) is 5.06. The molecule has 1 rings (SSSR count). The van der Waals surface area contributed by atoms with Gasteiger partial charge >= 0.3 is 0 Å². The van der Waals surface area contributed by atoms with Crippen LogP contribution in [0.2, 0.25) is 0 Å². The van der Waals surface area contributed by atoms with E-state index >= 15 is 0 Å². The number of hydrogen-bond acceptors (Lipinski definition) is 3. The number of hydrogen-bond donors (Lipinski definition) is 1. The Balaban J connectivity index is 2.23. The highest BCUT2D eigenvalue weighted by Gasteiger charge is 2.19. The van der Waals surface area contributed by atoms with Crippen LogP contribution in [-0.2, 0) is 9.53 Å². The van der Waals surface area contributed by atoms with Crippen molar-refractivity contribution in [3.63, 3.8) is 0 Å². The molecule has 14 heavy (non-hydrogen) atoms. The Morgan fingerprint density at radius 1 is 1.79 bits per heavy atom. The molecule has 1 aliphatic rings. The summed E-state index contributed by atoms with van der Waals surface area (Å²) in [5, 5.41) is 11.4. The maximum absolute atomic E-state index is 11.4. The van der Waals surface area contributed by atoms with E-state index in [0.717, 1.165) is 19.4 Å². The van der Waals surface area contributed by atoms with Crippen LogP contribution in [0.3, 0.4) is 0 Å². The molecule has 0 spiro atoms. The predicted octanol–water partition coefficient (Wildman–Crippen LogP) is 0.831. The minimum absolute atomic E-state index is 0.148. The van der Waals surface area contributed by atoms with Gasteiger partial charge in [-0.05, 0) is 19.3 Å². The van der Waals surface area contributed by atoms with E-state index in [4.69, 9.17) is 10.00 Å². The lowest BCUT2D eigenvalue weighted by molar-refractivity contribution is -0.123. The van der Waals surface area contributed by atoms with Gasteiger partial charge in [0.2, 0.25) is 5.91 Å². The van der Waals surface area contributed by atoms with Crippen molar-refractivity contribution >= 4 is 5.91 Å². The lowest BCUT2D eigenvalue weighted by Gasteiger charge is -2.12. The lowest BCUT2D eigenvalue weighted by Crippen LogP contribution is -2.35. The van der Waals surface area contributed by atoms with Crippen LogP contribution in [0.1, 0.15) is 26.2 Å². The standard InChI is InChI=1S/C10H16N2O2/c1-2-8(6-11)10(13)12-7-9-4-3-5-14-9/h8-9H,2-5,7H2,1H3,(H,12,13). The van der Waals surface area contributed by atoms with Crippen LogP contribution >= 0.6 is 0 Å². The average molecular weight is 196 g/mol. The molecule has 2 unspecified atom stereocenters. The maximum atomic E-state index is 11.4. The summed E-state index contributed by atoms with van der Waals surface area (Å²) < 4.78 is 5.35. The first-order chi connectivity index (χ1) is 6.77. The number of nitrogens with zero attached hydrogens (tertiary/aromatic N) is 1. The Bertz CT molecular complexity index is 229. The topological polar surface area (TPSA) is 62.1 Å². The predicted molar refractivity (Wildman–Crippen MR) is 51.4 cm³/mol. The molecule has 1 amide bonds. The molecule has 1 aliphatic heterocycles. The first-order valence-corrected chi connectivity index (χ1v) is 5.06. The fourth-order valence-electron chi connectivity index (χ4n) is 1.48. The minimum Gasteiger partial charge on any atom is -0.376 e. The summed E-state index contributed by atoms with van der Waals surface area (Å²) in [6.07, 6.45) is 2.78. The van der Waals surface area contributed by atoms with Crippen molar-refractivity contribution in [2.24, 2.45) is 5.92 Å². The van der Waals surface area contributed by atoms with Crippen molar-refractivity contribution in [3.05, 3.63) is 0 Å². The van der Waals surface area contributed by atoms with Crippen molar-refractivity contribution in [3.8, 4) is 6.07 Å². The zero-order chi connectivity index (χ0) is 10.4. The normalized spacial score (nSPS) is 22.7. The third-order valence-electron chi connectivity index (χ3n) is 2.41. The zero-order valence-corrected chi connectivity index (χ0v) is 8.45. The number of ether oxygens (including phenoxy) is 1. The van der Waals surface area contributed by atoms with Gasteiger partial charge in [-0.15, -0.1) is 0 Å². The van der Waals surface area contributed by atoms with E-state index in [0.29, 0.717) is 13.0 Å². The van der Waals surface area contributed by atoms with Crippen LogP contribution in [0.15, 0.2) is 0 Å². The summed E-state index contributed by atoms with van der Waals surface area (Å²) in [6, 6.07) is 1.97. The third-order valence-corrected chi connectivity index (χ3v) is 2.41. The lowest BCUT2D eigenvalue weighted by atomic mass is 10.1. The van der Waals surface area contributed by atoms with Crippen LogP contribution in [0.5, 0.6) is 0 Å². The number of rotatable bonds is 4. The van der Waals surface area contributed by atoms with E-state index in [1.807, 2.05) is 13.0 Å².